The molecule has 2 aliphatic rings. The maximum atomic E-state index is 5.76. The molecule has 0 spiro atoms. The SMILES string of the molecule is CC1CC1CNCC1CCCC1CN. The van der Waals surface area contributed by atoms with Crippen LogP contribution < -0.4 is 11.1 Å². The Morgan fingerprint density at radius 2 is 1.79 bits per heavy atom. The van der Waals surface area contributed by atoms with Gasteiger partial charge in [0, 0.05) is 0 Å². The molecule has 4 unspecified atom stereocenters. The lowest BCUT2D eigenvalue weighted by Gasteiger charge is -2.18. The van der Waals surface area contributed by atoms with Gasteiger partial charge in [-0.3, -0.25) is 0 Å². The third-order valence-corrected chi connectivity index (χ3v) is 4.21. The summed E-state index contributed by atoms with van der Waals surface area (Å²) in [5.74, 6) is 3.64. The molecule has 0 bridgehead atoms. The van der Waals surface area contributed by atoms with Gasteiger partial charge < -0.3 is 11.1 Å². The Morgan fingerprint density at radius 1 is 1.14 bits per heavy atom. The molecule has 14 heavy (non-hydrogen) atoms. The predicted octanol–water partition coefficient (Wildman–Crippen LogP) is 1.61. The molecular weight excluding hydrogens is 172 g/mol. The molecule has 2 fully saturated rings. The van der Waals surface area contributed by atoms with E-state index < -0.39 is 0 Å². The van der Waals surface area contributed by atoms with Crippen LogP contribution in [-0.2, 0) is 0 Å². The van der Waals surface area contributed by atoms with Gasteiger partial charge in [-0.15, -0.1) is 0 Å². The molecule has 0 amide bonds. The van der Waals surface area contributed by atoms with Crippen LogP contribution in [0.1, 0.15) is 32.6 Å². The van der Waals surface area contributed by atoms with Gasteiger partial charge in [0.15, 0.2) is 0 Å². The lowest BCUT2D eigenvalue weighted by Crippen LogP contribution is -2.30. The summed E-state index contributed by atoms with van der Waals surface area (Å²) >= 11 is 0. The fourth-order valence-corrected chi connectivity index (χ4v) is 2.83. The highest BCUT2D eigenvalue weighted by Crippen LogP contribution is 2.37. The van der Waals surface area contributed by atoms with E-state index in [1.165, 1.54) is 38.8 Å². The zero-order chi connectivity index (χ0) is 9.97. The fourth-order valence-electron chi connectivity index (χ4n) is 2.83. The Labute approximate surface area is 87.6 Å². The van der Waals surface area contributed by atoms with Crippen LogP contribution in [0.15, 0.2) is 0 Å². The van der Waals surface area contributed by atoms with Crippen LogP contribution in [0.3, 0.4) is 0 Å². The minimum absolute atomic E-state index is 0.805. The molecule has 2 heteroatoms. The zero-order valence-corrected chi connectivity index (χ0v) is 9.34. The largest absolute Gasteiger partial charge is 0.330 e. The second kappa shape index (κ2) is 4.63. The summed E-state index contributed by atoms with van der Waals surface area (Å²) in [6.07, 6.45) is 5.60. The molecule has 0 heterocycles. The lowest BCUT2D eigenvalue weighted by atomic mass is 9.96. The first-order valence-corrected chi connectivity index (χ1v) is 6.22. The van der Waals surface area contributed by atoms with E-state index >= 15 is 0 Å². The molecule has 2 saturated carbocycles. The van der Waals surface area contributed by atoms with E-state index in [1.54, 1.807) is 0 Å². The third-order valence-electron chi connectivity index (χ3n) is 4.21. The van der Waals surface area contributed by atoms with Gasteiger partial charge in [-0.1, -0.05) is 13.3 Å². The van der Waals surface area contributed by atoms with Gasteiger partial charge in [-0.25, -0.2) is 0 Å². The van der Waals surface area contributed by atoms with Gasteiger partial charge in [0.25, 0.3) is 0 Å². The van der Waals surface area contributed by atoms with Gasteiger partial charge in [0.1, 0.15) is 0 Å². The van der Waals surface area contributed by atoms with Crippen LogP contribution in [0.25, 0.3) is 0 Å². The summed E-state index contributed by atoms with van der Waals surface area (Å²) in [6, 6.07) is 0. The number of rotatable bonds is 5. The minimum Gasteiger partial charge on any atom is -0.330 e. The van der Waals surface area contributed by atoms with Crippen molar-refractivity contribution in [2.45, 2.75) is 32.6 Å². The Morgan fingerprint density at radius 3 is 2.43 bits per heavy atom. The van der Waals surface area contributed by atoms with Crippen molar-refractivity contribution in [2.24, 2.45) is 29.4 Å². The fraction of sp³-hybridized carbons (Fsp3) is 1.00. The van der Waals surface area contributed by atoms with Crippen molar-refractivity contribution < 1.29 is 0 Å². The molecule has 0 radical (unpaired) electrons. The van der Waals surface area contributed by atoms with E-state index in [9.17, 15) is 0 Å². The average molecular weight is 196 g/mol. The van der Waals surface area contributed by atoms with Crippen molar-refractivity contribution in [1.29, 1.82) is 0 Å². The maximum absolute atomic E-state index is 5.76. The smallest absolute Gasteiger partial charge is 0.00173 e. The van der Waals surface area contributed by atoms with E-state index in [4.69, 9.17) is 5.73 Å². The van der Waals surface area contributed by atoms with Crippen molar-refractivity contribution in [3.63, 3.8) is 0 Å². The summed E-state index contributed by atoms with van der Waals surface area (Å²) < 4.78 is 0. The highest BCUT2D eigenvalue weighted by Gasteiger charge is 2.32. The van der Waals surface area contributed by atoms with Crippen LogP contribution in [0.2, 0.25) is 0 Å². The van der Waals surface area contributed by atoms with Crippen LogP contribution in [0.4, 0.5) is 0 Å². The highest BCUT2D eigenvalue weighted by molar-refractivity contribution is 4.85. The van der Waals surface area contributed by atoms with E-state index in [-0.39, 0.29) is 0 Å². The Kier molecular flexibility index (Phi) is 3.45. The van der Waals surface area contributed by atoms with E-state index in [0.717, 1.165) is 30.2 Å². The Balaban J connectivity index is 1.60. The average Bonchev–Trinajstić information content (AvgIpc) is 2.72. The van der Waals surface area contributed by atoms with Gasteiger partial charge in [-0.05, 0) is 62.6 Å². The minimum atomic E-state index is 0.805. The van der Waals surface area contributed by atoms with Gasteiger partial charge in [0.2, 0.25) is 0 Å². The van der Waals surface area contributed by atoms with Crippen molar-refractivity contribution in [3.05, 3.63) is 0 Å². The van der Waals surface area contributed by atoms with Crippen molar-refractivity contribution in [1.82, 2.24) is 5.32 Å². The molecule has 0 aromatic heterocycles. The molecule has 0 saturated heterocycles. The first-order chi connectivity index (χ1) is 6.81. The predicted molar refractivity (Wildman–Crippen MR) is 60.0 cm³/mol. The van der Waals surface area contributed by atoms with E-state index in [0.29, 0.717) is 0 Å². The molecule has 3 N–H and O–H groups in total. The third kappa shape index (κ3) is 2.48. The Hall–Kier alpha value is -0.0800. The van der Waals surface area contributed by atoms with Crippen LogP contribution in [0.5, 0.6) is 0 Å². The van der Waals surface area contributed by atoms with Gasteiger partial charge in [0.05, 0.1) is 0 Å². The summed E-state index contributed by atoms with van der Waals surface area (Å²) in [6.45, 7) is 5.71. The van der Waals surface area contributed by atoms with Crippen molar-refractivity contribution in [2.75, 3.05) is 19.6 Å². The molecule has 2 rings (SSSR count). The molecule has 0 aliphatic heterocycles. The topological polar surface area (TPSA) is 38.0 Å². The zero-order valence-electron chi connectivity index (χ0n) is 9.34. The van der Waals surface area contributed by atoms with Crippen molar-refractivity contribution >= 4 is 0 Å². The quantitative estimate of drug-likeness (QED) is 0.701. The number of nitrogens with two attached hydrogens (primary N) is 1. The monoisotopic (exact) mass is 196 g/mol. The molecular formula is C12H24N2. The number of hydrogen-bond acceptors (Lipinski definition) is 2. The molecule has 2 nitrogen and oxygen atoms in total. The standard InChI is InChI=1S/C12H24N2/c1-9-5-12(9)8-14-7-11-4-2-3-10(11)6-13/h9-12,14H,2-8,13H2,1H3. The van der Waals surface area contributed by atoms with Gasteiger partial charge in [-0.2, -0.15) is 0 Å². The molecule has 4 atom stereocenters. The lowest BCUT2D eigenvalue weighted by molar-refractivity contribution is 0.371. The first kappa shape index (κ1) is 10.4. The first-order valence-electron chi connectivity index (χ1n) is 6.22. The second-order valence-corrected chi connectivity index (χ2v) is 5.32. The number of hydrogen-bond donors (Lipinski definition) is 2. The Bertz CT molecular complexity index is 181. The molecule has 2 aliphatic carbocycles. The summed E-state index contributed by atoms with van der Waals surface area (Å²) in [7, 11) is 0. The number of nitrogens with one attached hydrogen (secondary N) is 1. The van der Waals surface area contributed by atoms with Crippen molar-refractivity contribution in [3.8, 4) is 0 Å². The highest BCUT2D eigenvalue weighted by atomic mass is 14.9. The normalized spacial score (nSPS) is 41.6. The van der Waals surface area contributed by atoms with E-state index in [1.807, 2.05) is 0 Å². The van der Waals surface area contributed by atoms with E-state index in [2.05, 4.69) is 12.2 Å². The summed E-state index contributed by atoms with van der Waals surface area (Å²) in [5.41, 5.74) is 5.76. The second-order valence-electron chi connectivity index (χ2n) is 5.32. The molecule has 0 aromatic rings. The van der Waals surface area contributed by atoms with Crippen LogP contribution >= 0.6 is 0 Å². The summed E-state index contributed by atoms with van der Waals surface area (Å²) in [5, 5.41) is 3.63. The van der Waals surface area contributed by atoms with Gasteiger partial charge >= 0.3 is 0 Å². The summed E-state index contributed by atoms with van der Waals surface area (Å²) in [4.78, 5) is 0. The maximum Gasteiger partial charge on any atom is -0.00173 e. The molecule has 0 aromatic carbocycles. The molecule has 82 valence electrons. The van der Waals surface area contributed by atoms with Crippen LogP contribution in [0, 0.1) is 23.7 Å². The van der Waals surface area contributed by atoms with Crippen LogP contribution in [-0.4, -0.2) is 19.6 Å².